The Morgan fingerprint density at radius 2 is 1.59 bits per heavy atom. The molecular weight excluding hydrogens is 359 g/mol. The van der Waals surface area contributed by atoms with E-state index in [9.17, 15) is 9.18 Å². The van der Waals surface area contributed by atoms with E-state index in [1.54, 1.807) is 12.1 Å². The summed E-state index contributed by atoms with van der Waals surface area (Å²) in [4.78, 5) is 13.6. The van der Waals surface area contributed by atoms with Gasteiger partial charge in [0.05, 0.1) is 6.61 Å². The molecule has 0 N–H and O–H groups in total. The minimum absolute atomic E-state index is 0.0337. The van der Waals surface area contributed by atoms with Crippen LogP contribution in [-0.2, 0) is 6.42 Å². The Kier molecular flexibility index (Phi) is 4.99. The number of halogens is 1. The Labute approximate surface area is 160 Å². The van der Waals surface area contributed by atoms with Gasteiger partial charge in [-0.2, -0.15) is 0 Å². The first-order valence-electron chi connectivity index (χ1n) is 8.71. The van der Waals surface area contributed by atoms with Gasteiger partial charge in [-0.25, -0.2) is 4.39 Å². The normalized spacial score (nSPS) is 10.9. The summed E-state index contributed by atoms with van der Waals surface area (Å²) in [5.41, 5.74) is 1.64. The number of thiophene rings is 1. The molecule has 134 valence electrons. The van der Waals surface area contributed by atoms with Gasteiger partial charge in [-0.3, -0.25) is 4.79 Å². The van der Waals surface area contributed by atoms with Crippen LogP contribution in [0.25, 0.3) is 10.1 Å². The smallest absolute Gasteiger partial charge is 0.206 e. The molecule has 0 amide bonds. The molecular formula is C23H17FO2S. The molecule has 0 saturated carbocycles. The summed E-state index contributed by atoms with van der Waals surface area (Å²) in [5.74, 6) is 0.347. The minimum Gasteiger partial charge on any atom is -0.491 e. The van der Waals surface area contributed by atoms with Gasteiger partial charge in [-0.15, -0.1) is 11.3 Å². The van der Waals surface area contributed by atoms with Gasteiger partial charge < -0.3 is 4.74 Å². The lowest BCUT2D eigenvalue weighted by Crippen LogP contribution is -2.05. The number of ketones is 1. The fraction of sp³-hybridized carbons (Fsp3) is 0.0870. The first-order valence-corrected chi connectivity index (χ1v) is 9.52. The van der Waals surface area contributed by atoms with Gasteiger partial charge in [-0.05, 0) is 29.8 Å². The highest BCUT2D eigenvalue weighted by atomic mass is 32.1. The fourth-order valence-electron chi connectivity index (χ4n) is 2.96. The van der Waals surface area contributed by atoms with Crippen molar-refractivity contribution >= 4 is 27.2 Å². The molecule has 0 aliphatic rings. The van der Waals surface area contributed by atoms with Crippen molar-refractivity contribution in [1.29, 1.82) is 0 Å². The van der Waals surface area contributed by atoms with E-state index in [0.29, 0.717) is 29.2 Å². The van der Waals surface area contributed by atoms with Crippen LogP contribution in [0.1, 0.15) is 20.8 Å². The standard InChI is InChI=1S/C23H17FO2S/c24-18-12-10-16(11-13-18)14-15-26-22-19-8-4-5-9-20(19)27-23(22)21(25)17-6-2-1-3-7-17/h1-13H,14-15H2. The van der Waals surface area contributed by atoms with Crippen LogP contribution in [0.5, 0.6) is 5.75 Å². The summed E-state index contributed by atoms with van der Waals surface area (Å²) < 4.78 is 20.1. The number of hydrogen-bond acceptors (Lipinski definition) is 3. The van der Waals surface area contributed by atoms with E-state index in [4.69, 9.17) is 4.74 Å². The van der Waals surface area contributed by atoms with Crippen molar-refractivity contribution in [1.82, 2.24) is 0 Å². The van der Waals surface area contributed by atoms with E-state index < -0.39 is 0 Å². The second kappa shape index (κ2) is 7.72. The molecule has 1 heterocycles. The number of benzene rings is 3. The number of hydrogen-bond donors (Lipinski definition) is 0. The predicted octanol–water partition coefficient (Wildman–Crippen LogP) is 5.89. The van der Waals surface area contributed by atoms with Crippen LogP contribution in [0.2, 0.25) is 0 Å². The molecule has 0 spiro atoms. The molecule has 0 aliphatic carbocycles. The summed E-state index contributed by atoms with van der Waals surface area (Å²) in [6.45, 7) is 0.418. The molecule has 0 unspecified atom stereocenters. The first kappa shape index (κ1) is 17.4. The molecule has 4 aromatic rings. The van der Waals surface area contributed by atoms with E-state index in [-0.39, 0.29) is 11.6 Å². The van der Waals surface area contributed by atoms with Crippen molar-refractivity contribution in [3.05, 3.63) is 101 Å². The first-order chi connectivity index (χ1) is 13.2. The van der Waals surface area contributed by atoms with Crippen LogP contribution < -0.4 is 4.74 Å². The molecule has 0 fully saturated rings. The van der Waals surface area contributed by atoms with Gasteiger partial charge in [-0.1, -0.05) is 54.6 Å². The van der Waals surface area contributed by atoms with Crippen molar-refractivity contribution in [2.45, 2.75) is 6.42 Å². The summed E-state index contributed by atoms with van der Waals surface area (Å²) in [6, 6.07) is 23.5. The van der Waals surface area contributed by atoms with Crippen LogP contribution in [0.4, 0.5) is 4.39 Å². The largest absolute Gasteiger partial charge is 0.491 e. The van der Waals surface area contributed by atoms with Crippen LogP contribution in [0.15, 0.2) is 78.9 Å². The van der Waals surface area contributed by atoms with Gasteiger partial charge in [0.1, 0.15) is 16.4 Å². The van der Waals surface area contributed by atoms with Crippen LogP contribution in [0, 0.1) is 5.82 Å². The van der Waals surface area contributed by atoms with Crippen molar-refractivity contribution in [3.63, 3.8) is 0 Å². The predicted molar refractivity (Wildman–Crippen MR) is 107 cm³/mol. The number of carbonyl (C=O) groups excluding carboxylic acids is 1. The molecule has 3 aromatic carbocycles. The lowest BCUT2D eigenvalue weighted by atomic mass is 10.1. The van der Waals surface area contributed by atoms with Crippen molar-refractivity contribution in [2.24, 2.45) is 0 Å². The Morgan fingerprint density at radius 3 is 2.37 bits per heavy atom. The monoisotopic (exact) mass is 376 g/mol. The zero-order valence-corrected chi connectivity index (χ0v) is 15.3. The third kappa shape index (κ3) is 3.76. The summed E-state index contributed by atoms with van der Waals surface area (Å²) in [5, 5.41) is 0.945. The molecule has 4 heteroatoms. The van der Waals surface area contributed by atoms with E-state index in [2.05, 4.69) is 0 Å². The SMILES string of the molecule is O=C(c1ccccc1)c1sc2ccccc2c1OCCc1ccc(F)cc1. The van der Waals surface area contributed by atoms with Crippen molar-refractivity contribution in [2.75, 3.05) is 6.61 Å². The molecule has 0 atom stereocenters. The Morgan fingerprint density at radius 1 is 0.889 bits per heavy atom. The summed E-state index contributed by atoms with van der Waals surface area (Å²) in [6.07, 6.45) is 0.642. The Hall–Kier alpha value is -2.98. The van der Waals surface area contributed by atoms with E-state index in [1.807, 2.05) is 54.6 Å². The number of ether oxygens (including phenoxy) is 1. The third-order valence-electron chi connectivity index (χ3n) is 4.34. The van der Waals surface area contributed by atoms with Crippen LogP contribution in [0.3, 0.4) is 0 Å². The molecule has 0 bridgehead atoms. The lowest BCUT2D eigenvalue weighted by Gasteiger charge is -2.08. The Bertz CT molecular complexity index is 1070. The highest BCUT2D eigenvalue weighted by Gasteiger charge is 2.20. The van der Waals surface area contributed by atoms with Crippen molar-refractivity contribution < 1.29 is 13.9 Å². The van der Waals surface area contributed by atoms with Gasteiger partial charge >= 0.3 is 0 Å². The van der Waals surface area contributed by atoms with Crippen LogP contribution in [-0.4, -0.2) is 12.4 Å². The molecule has 4 rings (SSSR count). The second-order valence-corrected chi connectivity index (χ2v) is 7.23. The van der Waals surface area contributed by atoms with Gasteiger partial charge in [0, 0.05) is 22.1 Å². The zero-order valence-electron chi connectivity index (χ0n) is 14.5. The number of fused-ring (bicyclic) bond motifs is 1. The fourth-order valence-corrected chi connectivity index (χ4v) is 4.07. The third-order valence-corrected chi connectivity index (χ3v) is 5.49. The second-order valence-electron chi connectivity index (χ2n) is 6.18. The van der Waals surface area contributed by atoms with Gasteiger partial charge in [0.2, 0.25) is 5.78 Å². The molecule has 0 radical (unpaired) electrons. The zero-order chi connectivity index (χ0) is 18.6. The summed E-state index contributed by atoms with van der Waals surface area (Å²) in [7, 11) is 0. The van der Waals surface area contributed by atoms with Crippen molar-refractivity contribution in [3.8, 4) is 5.75 Å². The highest BCUT2D eigenvalue weighted by Crippen LogP contribution is 2.39. The van der Waals surface area contributed by atoms with Crippen LogP contribution >= 0.6 is 11.3 Å². The lowest BCUT2D eigenvalue weighted by molar-refractivity contribution is 0.103. The molecule has 1 aromatic heterocycles. The number of rotatable bonds is 6. The molecule has 27 heavy (non-hydrogen) atoms. The molecule has 2 nitrogen and oxygen atoms in total. The van der Waals surface area contributed by atoms with Gasteiger partial charge in [0.25, 0.3) is 0 Å². The average Bonchev–Trinajstić information content (AvgIpc) is 3.08. The van der Waals surface area contributed by atoms with E-state index in [0.717, 1.165) is 15.6 Å². The average molecular weight is 376 g/mol. The maximum absolute atomic E-state index is 13.0. The van der Waals surface area contributed by atoms with E-state index in [1.165, 1.54) is 23.5 Å². The molecule has 0 aliphatic heterocycles. The maximum Gasteiger partial charge on any atom is 0.206 e. The molecule has 0 saturated heterocycles. The van der Waals surface area contributed by atoms with E-state index >= 15 is 0 Å². The maximum atomic E-state index is 13.0. The van der Waals surface area contributed by atoms with Gasteiger partial charge in [0.15, 0.2) is 0 Å². The quantitative estimate of drug-likeness (QED) is 0.392. The highest BCUT2D eigenvalue weighted by molar-refractivity contribution is 7.21. The topological polar surface area (TPSA) is 26.3 Å². The summed E-state index contributed by atoms with van der Waals surface area (Å²) >= 11 is 1.45. The minimum atomic E-state index is -0.251. The number of carbonyl (C=O) groups is 1. The Balaban J connectivity index is 1.62.